The van der Waals surface area contributed by atoms with Gasteiger partial charge in [-0.1, -0.05) is 0 Å². The van der Waals surface area contributed by atoms with Crippen LogP contribution in [0.2, 0.25) is 0 Å². The van der Waals surface area contributed by atoms with Gasteiger partial charge in [-0.25, -0.2) is 8.78 Å². The molecule has 1 aromatic rings. The molecule has 0 saturated heterocycles. The fourth-order valence-corrected chi connectivity index (χ4v) is 1.04. The van der Waals surface area contributed by atoms with Crippen molar-refractivity contribution in [3.63, 3.8) is 0 Å². The van der Waals surface area contributed by atoms with Crippen LogP contribution in [0, 0.1) is 35.3 Å². The largest absolute Gasteiger partial charge is 0.382 e. The molecule has 0 aliphatic heterocycles. The Hall–Kier alpha value is -2.07. The van der Waals surface area contributed by atoms with Crippen molar-refractivity contribution in [3.8, 4) is 18.4 Å². The van der Waals surface area contributed by atoms with Gasteiger partial charge in [-0.3, -0.25) is 0 Å². The molecular formula is C11H8F2N2. The minimum absolute atomic E-state index is 0.0155. The molecule has 15 heavy (non-hydrogen) atoms. The van der Waals surface area contributed by atoms with Crippen molar-refractivity contribution in [2.45, 2.75) is 6.42 Å². The summed E-state index contributed by atoms with van der Waals surface area (Å²) in [6.07, 6.45) is 5.42. The van der Waals surface area contributed by atoms with Gasteiger partial charge in [0.25, 0.3) is 0 Å². The van der Waals surface area contributed by atoms with Gasteiger partial charge in [0, 0.05) is 13.0 Å². The van der Waals surface area contributed by atoms with E-state index in [1.165, 1.54) is 12.1 Å². The highest BCUT2D eigenvalue weighted by atomic mass is 19.2. The van der Waals surface area contributed by atoms with Crippen LogP contribution < -0.4 is 5.32 Å². The highest BCUT2D eigenvalue weighted by Gasteiger charge is 2.12. The maximum atomic E-state index is 13.2. The third-order valence-corrected chi connectivity index (χ3v) is 1.79. The molecule has 1 aromatic carbocycles. The van der Waals surface area contributed by atoms with E-state index in [1.807, 2.05) is 0 Å². The number of nitrogens with one attached hydrogen (secondary N) is 1. The lowest BCUT2D eigenvalue weighted by atomic mass is 10.2. The lowest BCUT2D eigenvalue weighted by molar-refractivity contribution is 0.508. The van der Waals surface area contributed by atoms with Crippen molar-refractivity contribution < 1.29 is 8.78 Å². The summed E-state index contributed by atoms with van der Waals surface area (Å²) >= 11 is 0. The second-order valence-electron chi connectivity index (χ2n) is 2.78. The van der Waals surface area contributed by atoms with E-state index in [9.17, 15) is 8.78 Å². The van der Waals surface area contributed by atoms with Crippen LogP contribution in [0.3, 0.4) is 0 Å². The van der Waals surface area contributed by atoms with Gasteiger partial charge in [0.15, 0.2) is 11.6 Å². The summed E-state index contributed by atoms with van der Waals surface area (Å²) in [5.74, 6) is 0.178. The van der Waals surface area contributed by atoms with Gasteiger partial charge in [-0.05, 0) is 12.1 Å². The summed E-state index contributed by atoms with van der Waals surface area (Å²) in [6.45, 7) is 0.360. The zero-order valence-corrected chi connectivity index (χ0v) is 7.85. The highest BCUT2D eigenvalue weighted by molar-refractivity contribution is 5.49. The maximum absolute atomic E-state index is 13.2. The molecule has 0 unspecified atom stereocenters. The van der Waals surface area contributed by atoms with Crippen molar-refractivity contribution in [2.24, 2.45) is 0 Å². The molecule has 0 saturated carbocycles. The Morgan fingerprint density at radius 1 is 1.33 bits per heavy atom. The van der Waals surface area contributed by atoms with Gasteiger partial charge in [0.1, 0.15) is 6.07 Å². The van der Waals surface area contributed by atoms with Gasteiger partial charge in [0.2, 0.25) is 0 Å². The zero-order valence-electron chi connectivity index (χ0n) is 7.85. The minimum Gasteiger partial charge on any atom is -0.382 e. The number of halogens is 2. The molecule has 4 heteroatoms. The smallest absolute Gasteiger partial charge is 0.183 e. The quantitative estimate of drug-likeness (QED) is 0.608. The fourth-order valence-electron chi connectivity index (χ4n) is 1.04. The first-order valence-corrected chi connectivity index (χ1v) is 4.26. The monoisotopic (exact) mass is 206 g/mol. The summed E-state index contributed by atoms with van der Waals surface area (Å²) in [4.78, 5) is 0. The van der Waals surface area contributed by atoms with Crippen LogP contribution in [0.4, 0.5) is 14.5 Å². The summed E-state index contributed by atoms with van der Waals surface area (Å²) < 4.78 is 26.3. The van der Waals surface area contributed by atoms with E-state index in [2.05, 4.69) is 11.2 Å². The Kier molecular flexibility index (Phi) is 3.65. The van der Waals surface area contributed by atoms with Crippen LogP contribution in [-0.2, 0) is 0 Å². The second-order valence-corrected chi connectivity index (χ2v) is 2.78. The first-order chi connectivity index (χ1) is 7.20. The number of nitriles is 1. The van der Waals surface area contributed by atoms with Crippen LogP contribution in [0.15, 0.2) is 12.1 Å². The summed E-state index contributed by atoms with van der Waals surface area (Å²) in [5, 5.41) is 11.1. The SMILES string of the molecule is C#CCCNc1ccc(C#N)c(F)c1F. The Bertz CT molecular complexity index is 441. The molecule has 1 N–H and O–H groups in total. The minimum atomic E-state index is -1.14. The second kappa shape index (κ2) is 4.97. The van der Waals surface area contributed by atoms with Gasteiger partial charge in [0.05, 0.1) is 11.3 Å². The van der Waals surface area contributed by atoms with E-state index in [0.717, 1.165) is 0 Å². The molecule has 0 spiro atoms. The average Bonchev–Trinajstić information content (AvgIpc) is 2.25. The molecule has 0 bridgehead atoms. The van der Waals surface area contributed by atoms with Crippen LogP contribution in [0.1, 0.15) is 12.0 Å². The highest BCUT2D eigenvalue weighted by Crippen LogP contribution is 2.19. The summed E-state index contributed by atoms with van der Waals surface area (Å²) in [7, 11) is 0. The summed E-state index contributed by atoms with van der Waals surface area (Å²) in [5.41, 5.74) is -0.295. The van der Waals surface area contributed by atoms with E-state index in [-0.39, 0.29) is 11.3 Å². The molecular weight excluding hydrogens is 198 g/mol. The molecule has 0 aromatic heterocycles. The molecule has 0 radical (unpaired) electrons. The van der Waals surface area contributed by atoms with Crippen molar-refractivity contribution in [1.82, 2.24) is 0 Å². The van der Waals surface area contributed by atoms with Gasteiger partial charge in [-0.15, -0.1) is 12.3 Å². The number of hydrogen-bond acceptors (Lipinski definition) is 2. The Morgan fingerprint density at radius 2 is 2.07 bits per heavy atom. The first kappa shape index (κ1) is 11.0. The predicted octanol–water partition coefficient (Wildman–Crippen LogP) is 2.27. The number of rotatable bonds is 3. The Balaban J connectivity index is 2.89. The standard InChI is InChI=1S/C11H8F2N2/c1-2-3-6-15-9-5-4-8(7-14)10(12)11(9)13/h1,4-5,15H,3,6H2. The molecule has 0 aliphatic rings. The lowest BCUT2D eigenvalue weighted by Crippen LogP contribution is -2.04. The van der Waals surface area contributed by atoms with Crippen molar-refractivity contribution in [3.05, 3.63) is 29.3 Å². The molecule has 76 valence electrons. The van der Waals surface area contributed by atoms with Crippen molar-refractivity contribution in [1.29, 1.82) is 5.26 Å². The van der Waals surface area contributed by atoms with Crippen LogP contribution in [0.5, 0.6) is 0 Å². The third-order valence-electron chi connectivity index (χ3n) is 1.79. The number of hydrogen-bond donors (Lipinski definition) is 1. The Morgan fingerprint density at radius 3 is 2.67 bits per heavy atom. The normalized spacial score (nSPS) is 9.07. The number of benzene rings is 1. The van der Waals surface area contributed by atoms with E-state index in [0.29, 0.717) is 13.0 Å². The van der Waals surface area contributed by atoms with Crippen LogP contribution in [-0.4, -0.2) is 6.54 Å². The topological polar surface area (TPSA) is 35.8 Å². The maximum Gasteiger partial charge on any atom is 0.183 e. The molecule has 0 aliphatic carbocycles. The van der Waals surface area contributed by atoms with E-state index in [1.54, 1.807) is 6.07 Å². The van der Waals surface area contributed by atoms with Gasteiger partial charge < -0.3 is 5.32 Å². The first-order valence-electron chi connectivity index (χ1n) is 4.26. The average molecular weight is 206 g/mol. The molecule has 1 rings (SSSR count). The lowest BCUT2D eigenvalue weighted by Gasteiger charge is -2.06. The molecule has 0 atom stereocenters. The molecule has 0 amide bonds. The number of anilines is 1. The number of nitrogens with zero attached hydrogens (tertiary/aromatic N) is 1. The van der Waals surface area contributed by atoms with Crippen LogP contribution >= 0.6 is 0 Å². The van der Waals surface area contributed by atoms with E-state index in [4.69, 9.17) is 11.7 Å². The van der Waals surface area contributed by atoms with Gasteiger partial charge >= 0.3 is 0 Å². The fraction of sp³-hybridized carbons (Fsp3) is 0.182. The van der Waals surface area contributed by atoms with Crippen molar-refractivity contribution in [2.75, 3.05) is 11.9 Å². The Labute approximate surface area is 86.5 Å². The van der Waals surface area contributed by atoms with E-state index >= 15 is 0 Å². The predicted molar refractivity (Wildman–Crippen MR) is 53.0 cm³/mol. The van der Waals surface area contributed by atoms with E-state index < -0.39 is 11.6 Å². The molecule has 0 fully saturated rings. The summed E-state index contributed by atoms with van der Waals surface area (Å²) in [6, 6.07) is 4.09. The third kappa shape index (κ3) is 2.45. The van der Waals surface area contributed by atoms with Crippen LogP contribution in [0.25, 0.3) is 0 Å². The zero-order chi connectivity index (χ0) is 11.3. The van der Waals surface area contributed by atoms with Gasteiger partial charge in [-0.2, -0.15) is 5.26 Å². The number of terminal acetylenes is 1. The molecule has 0 heterocycles. The molecule has 2 nitrogen and oxygen atoms in total. The van der Waals surface area contributed by atoms with Crippen molar-refractivity contribution >= 4 is 5.69 Å².